The van der Waals surface area contributed by atoms with Crippen molar-refractivity contribution in [1.82, 2.24) is 0 Å². The van der Waals surface area contributed by atoms with Crippen LogP contribution in [0.3, 0.4) is 0 Å². The lowest BCUT2D eigenvalue weighted by Crippen LogP contribution is -2.22. The van der Waals surface area contributed by atoms with Gasteiger partial charge in [-0.15, -0.1) is 0 Å². The molecule has 0 unspecified atom stereocenters. The van der Waals surface area contributed by atoms with Crippen LogP contribution in [0.5, 0.6) is 5.75 Å². The Morgan fingerprint density at radius 1 is 0.857 bits per heavy atom. The summed E-state index contributed by atoms with van der Waals surface area (Å²) in [7, 11) is 0. The molecule has 4 rings (SSSR count). The zero-order chi connectivity index (χ0) is 25.0. The fourth-order valence-electron chi connectivity index (χ4n) is 4.93. The van der Waals surface area contributed by atoms with Crippen LogP contribution in [0.2, 0.25) is 0 Å². The molecule has 1 saturated carbocycles. The molecule has 1 fully saturated rings. The van der Waals surface area contributed by atoms with Crippen molar-refractivity contribution in [2.45, 2.75) is 63.9 Å². The van der Waals surface area contributed by atoms with E-state index in [-0.39, 0.29) is 22.4 Å². The molecule has 3 aromatic rings. The van der Waals surface area contributed by atoms with Crippen molar-refractivity contribution in [3.05, 3.63) is 89.2 Å². The number of para-hydroxylation sites is 1. The number of hydrogen-bond acceptors (Lipinski definition) is 1. The van der Waals surface area contributed by atoms with Crippen LogP contribution in [-0.4, -0.2) is 0 Å². The molecule has 3 aromatic carbocycles. The van der Waals surface area contributed by atoms with E-state index in [0.29, 0.717) is 5.92 Å². The molecule has 0 N–H and O–H groups in total. The van der Waals surface area contributed by atoms with E-state index >= 15 is 8.78 Å². The first-order valence-electron chi connectivity index (χ1n) is 12.2. The molecule has 35 heavy (non-hydrogen) atoms. The molecule has 0 radical (unpaired) electrons. The van der Waals surface area contributed by atoms with Gasteiger partial charge in [-0.05, 0) is 79.0 Å². The Kier molecular flexibility index (Phi) is 7.78. The maximum Gasteiger partial charge on any atom is 0.426 e. The van der Waals surface area contributed by atoms with Gasteiger partial charge in [-0.2, -0.15) is 8.78 Å². The standard InChI is InChI=1S/C29H29F5O/c1-2-3-6-19-9-11-20(12-10-19)21-13-15-23(16-14-21)29(33,34)35-27-8-5-4-7-24(27)22-17-25(30)28(32)26(31)18-22/h4-5,7-8,13-20H,2-3,6,9-12H2,1H3/t19-,20-. The molecular formula is C29H29F5O. The summed E-state index contributed by atoms with van der Waals surface area (Å²) < 4.78 is 76.0. The number of halogens is 5. The summed E-state index contributed by atoms with van der Waals surface area (Å²) in [6.07, 6.45) is 4.54. The summed E-state index contributed by atoms with van der Waals surface area (Å²) in [5.74, 6) is -3.55. The molecule has 0 atom stereocenters. The van der Waals surface area contributed by atoms with Crippen molar-refractivity contribution in [2.75, 3.05) is 0 Å². The van der Waals surface area contributed by atoms with Gasteiger partial charge in [-0.3, -0.25) is 0 Å². The predicted molar refractivity (Wildman–Crippen MR) is 127 cm³/mol. The first-order chi connectivity index (χ1) is 16.8. The van der Waals surface area contributed by atoms with Crippen molar-refractivity contribution in [2.24, 2.45) is 5.92 Å². The summed E-state index contributed by atoms with van der Waals surface area (Å²) in [4.78, 5) is 0. The molecule has 0 amide bonds. The van der Waals surface area contributed by atoms with Crippen molar-refractivity contribution in [3.8, 4) is 16.9 Å². The lowest BCUT2D eigenvalue weighted by atomic mass is 9.77. The van der Waals surface area contributed by atoms with Crippen LogP contribution < -0.4 is 4.74 Å². The lowest BCUT2D eigenvalue weighted by molar-refractivity contribution is -0.185. The maximum atomic E-state index is 15.1. The second-order valence-electron chi connectivity index (χ2n) is 9.35. The Labute approximate surface area is 202 Å². The molecule has 6 heteroatoms. The van der Waals surface area contributed by atoms with Gasteiger partial charge in [0.15, 0.2) is 17.5 Å². The van der Waals surface area contributed by atoms with E-state index in [1.54, 1.807) is 12.1 Å². The molecule has 0 aromatic heterocycles. The second-order valence-corrected chi connectivity index (χ2v) is 9.35. The molecule has 1 aliphatic carbocycles. The van der Waals surface area contributed by atoms with E-state index in [1.165, 1.54) is 68.5 Å². The highest BCUT2D eigenvalue weighted by molar-refractivity contribution is 5.70. The third kappa shape index (κ3) is 5.85. The third-order valence-corrected chi connectivity index (χ3v) is 6.95. The van der Waals surface area contributed by atoms with Gasteiger partial charge in [0.1, 0.15) is 5.75 Å². The predicted octanol–water partition coefficient (Wildman–Crippen LogP) is 9.36. The normalized spacial score (nSPS) is 18.5. The monoisotopic (exact) mass is 488 g/mol. The SMILES string of the molecule is CCCC[C@H]1CC[C@H](c2ccc(C(F)(F)Oc3ccccc3-c3cc(F)c(F)c(F)c3)cc2)CC1. The van der Waals surface area contributed by atoms with Crippen LogP contribution in [0, 0.1) is 23.4 Å². The van der Waals surface area contributed by atoms with E-state index in [0.717, 1.165) is 36.5 Å². The summed E-state index contributed by atoms with van der Waals surface area (Å²) in [5.41, 5.74) is 0.666. The highest BCUT2D eigenvalue weighted by Gasteiger charge is 2.35. The van der Waals surface area contributed by atoms with Crippen LogP contribution in [0.4, 0.5) is 22.0 Å². The molecule has 0 spiro atoms. The van der Waals surface area contributed by atoms with Crippen LogP contribution in [-0.2, 0) is 6.11 Å². The smallest absolute Gasteiger partial charge is 0.426 e. The van der Waals surface area contributed by atoms with E-state index in [9.17, 15) is 13.2 Å². The Hall–Kier alpha value is -2.89. The fourth-order valence-corrected chi connectivity index (χ4v) is 4.93. The Bertz CT molecular complexity index is 1110. The summed E-state index contributed by atoms with van der Waals surface area (Å²) in [6.45, 7) is 2.20. The van der Waals surface area contributed by atoms with Crippen LogP contribution >= 0.6 is 0 Å². The molecule has 1 aliphatic rings. The molecule has 0 bridgehead atoms. The maximum absolute atomic E-state index is 15.1. The average Bonchev–Trinajstić information content (AvgIpc) is 2.86. The average molecular weight is 489 g/mol. The van der Waals surface area contributed by atoms with Crippen LogP contribution in [0.15, 0.2) is 60.7 Å². The van der Waals surface area contributed by atoms with Gasteiger partial charge in [0.2, 0.25) is 0 Å². The van der Waals surface area contributed by atoms with E-state index < -0.39 is 23.6 Å². The zero-order valence-electron chi connectivity index (χ0n) is 19.7. The van der Waals surface area contributed by atoms with Gasteiger partial charge in [0.05, 0.1) is 5.56 Å². The largest absolute Gasteiger partial charge is 0.428 e. The number of unbranched alkanes of at least 4 members (excludes halogenated alkanes) is 1. The number of ether oxygens (including phenoxy) is 1. The topological polar surface area (TPSA) is 9.23 Å². The second kappa shape index (κ2) is 10.8. The fraction of sp³-hybridized carbons (Fsp3) is 0.379. The van der Waals surface area contributed by atoms with Crippen LogP contribution in [0.25, 0.3) is 11.1 Å². The highest BCUT2D eigenvalue weighted by Crippen LogP contribution is 2.40. The van der Waals surface area contributed by atoms with Crippen molar-refractivity contribution < 1.29 is 26.7 Å². The summed E-state index contributed by atoms with van der Waals surface area (Å²) in [6, 6.07) is 13.4. The number of alkyl halides is 2. The van der Waals surface area contributed by atoms with Gasteiger partial charge in [0, 0.05) is 5.56 Å². The minimum Gasteiger partial charge on any atom is -0.428 e. The molecule has 0 aliphatic heterocycles. The van der Waals surface area contributed by atoms with Crippen LogP contribution in [0.1, 0.15) is 68.9 Å². The van der Waals surface area contributed by atoms with Crippen molar-refractivity contribution in [3.63, 3.8) is 0 Å². The summed E-state index contributed by atoms with van der Waals surface area (Å²) >= 11 is 0. The first-order valence-corrected chi connectivity index (χ1v) is 12.2. The Balaban J connectivity index is 1.49. The molecule has 186 valence electrons. The third-order valence-electron chi connectivity index (χ3n) is 6.95. The van der Waals surface area contributed by atoms with Crippen molar-refractivity contribution in [1.29, 1.82) is 0 Å². The molecular weight excluding hydrogens is 459 g/mol. The van der Waals surface area contributed by atoms with Gasteiger partial charge >= 0.3 is 6.11 Å². The molecule has 0 saturated heterocycles. The zero-order valence-corrected chi connectivity index (χ0v) is 19.7. The van der Waals surface area contributed by atoms with Gasteiger partial charge < -0.3 is 4.74 Å². The number of hydrogen-bond donors (Lipinski definition) is 0. The van der Waals surface area contributed by atoms with Gasteiger partial charge in [-0.25, -0.2) is 13.2 Å². The molecule has 1 nitrogen and oxygen atoms in total. The highest BCUT2D eigenvalue weighted by atomic mass is 19.3. The molecule has 0 heterocycles. The Morgan fingerprint density at radius 2 is 1.49 bits per heavy atom. The van der Waals surface area contributed by atoms with E-state index in [4.69, 9.17) is 4.74 Å². The Morgan fingerprint density at radius 3 is 2.11 bits per heavy atom. The van der Waals surface area contributed by atoms with Crippen molar-refractivity contribution >= 4 is 0 Å². The van der Waals surface area contributed by atoms with Gasteiger partial charge in [0.25, 0.3) is 0 Å². The minimum absolute atomic E-state index is 0.0291. The van der Waals surface area contributed by atoms with E-state index in [1.807, 2.05) is 0 Å². The summed E-state index contributed by atoms with van der Waals surface area (Å²) in [5, 5.41) is 0. The quantitative estimate of drug-likeness (QED) is 0.227. The number of benzene rings is 3. The number of rotatable bonds is 8. The lowest BCUT2D eigenvalue weighted by Gasteiger charge is -2.29. The van der Waals surface area contributed by atoms with Gasteiger partial charge in [-0.1, -0.05) is 56.5 Å². The van der Waals surface area contributed by atoms with E-state index in [2.05, 4.69) is 6.92 Å². The minimum atomic E-state index is -3.68. The first kappa shape index (κ1) is 25.2.